The first-order chi connectivity index (χ1) is 6.55. The van der Waals surface area contributed by atoms with E-state index in [9.17, 15) is 5.11 Å². The maximum absolute atomic E-state index is 9.61. The highest BCUT2D eigenvalue weighted by molar-refractivity contribution is 9.10. The Morgan fingerprint density at radius 3 is 2.71 bits per heavy atom. The maximum Gasteiger partial charge on any atom is 0.133 e. The number of benzene rings is 1. The molecular weight excluding hydrogens is 246 g/mol. The number of hydrogen-bond donors (Lipinski definition) is 2. The maximum atomic E-state index is 9.61. The van der Waals surface area contributed by atoms with Crippen molar-refractivity contribution in [2.24, 2.45) is 5.73 Å². The van der Waals surface area contributed by atoms with Crippen LogP contribution in [-0.2, 0) is 0 Å². The molecule has 0 bridgehead atoms. The van der Waals surface area contributed by atoms with Gasteiger partial charge in [-0.25, -0.2) is 0 Å². The molecule has 0 saturated carbocycles. The zero-order valence-corrected chi connectivity index (χ0v) is 9.62. The van der Waals surface area contributed by atoms with Crippen LogP contribution in [-0.4, -0.2) is 23.9 Å². The SMILES string of the molecule is CC(O)(CN)COc1ccccc1Br. The third-order valence-corrected chi connectivity index (χ3v) is 2.47. The molecule has 3 N–H and O–H groups in total. The van der Waals surface area contributed by atoms with E-state index in [0.29, 0.717) is 5.75 Å². The largest absolute Gasteiger partial charge is 0.489 e. The summed E-state index contributed by atoms with van der Waals surface area (Å²) in [6.07, 6.45) is 0. The van der Waals surface area contributed by atoms with Crippen molar-refractivity contribution in [2.45, 2.75) is 12.5 Å². The molecule has 0 amide bonds. The summed E-state index contributed by atoms with van der Waals surface area (Å²) in [5.41, 5.74) is 4.39. The first kappa shape index (κ1) is 11.5. The molecule has 4 heteroatoms. The second-order valence-electron chi connectivity index (χ2n) is 3.42. The summed E-state index contributed by atoms with van der Waals surface area (Å²) in [4.78, 5) is 0. The van der Waals surface area contributed by atoms with E-state index in [2.05, 4.69) is 15.9 Å². The molecule has 1 aromatic rings. The monoisotopic (exact) mass is 259 g/mol. The van der Waals surface area contributed by atoms with Gasteiger partial charge >= 0.3 is 0 Å². The second kappa shape index (κ2) is 4.77. The number of aliphatic hydroxyl groups is 1. The molecule has 0 aliphatic heterocycles. The second-order valence-corrected chi connectivity index (χ2v) is 4.27. The number of halogens is 1. The van der Waals surface area contributed by atoms with E-state index >= 15 is 0 Å². The molecule has 1 aromatic carbocycles. The van der Waals surface area contributed by atoms with Gasteiger partial charge in [-0.05, 0) is 35.0 Å². The van der Waals surface area contributed by atoms with E-state index in [4.69, 9.17) is 10.5 Å². The van der Waals surface area contributed by atoms with Crippen LogP contribution in [0.2, 0.25) is 0 Å². The summed E-state index contributed by atoms with van der Waals surface area (Å²) in [6.45, 7) is 2.01. The van der Waals surface area contributed by atoms with Crippen molar-refractivity contribution in [2.75, 3.05) is 13.2 Å². The van der Waals surface area contributed by atoms with Crippen LogP contribution < -0.4 is 10.5 Å². The van der Waals surface area contributed by atoms with Crippen molar-refractivity contribution >= 4 is 15.9 Å². The highest BCUT2D eigenvalue weighted by Crippen LogP contribution is 2.24. The Kier molecular flexibility index (Phi) is 3.92. The van der Waals surface area contributed by atoms with Crippen LogP contribution >= 0.6 is 15.9 Å². The van der Waals surface area contributed by atoms with E-state index < -0.39 is 5.60 Å². The average molecular weight is 260 g/mol. The van der Waals surface area contributed by atoms with Gasteiger partial charge in [0.05, 0.1) is 4.47 Å². The van der Waals surface area contributed by atoms with Crippen molar-refractivity contribution < 1.29 is 9.84 Å². The van der Waals surface area contributed by atoms with Crippen molar-refractivity contribution in [1.82, 2.24) is 0 Å². The van der Waals surface area contributed by atoms with Gasteiger partial charge in [-0.2, -0.15) is 0 Å². The molecule has 3 nitrogen and oxygen atoms in total. The van der Waals surface area contributed by atoms with Crippen molar-refractivity contribution in [3.05, 3.63) is 28.7 Å². The Morgan fingerprint density at radius 2 is 2.14 bits per heavy atom. The lowest BCUT2D eigenvalue weighted by Crippen LogP contribution is -2.40. The minimum Gasteiger partial charge on any atom is -0.489 e. The Balaban J connectivity index is 2.58. The summed E-state index contributed by atoms with van der Waals surface area (Å²) in [6, 6.07) is 7.48. The van der Waals surface area contributed by atoms with Crippen LogP contribution in [0, 0.1) is 0 Å². The fourth-order valence-corrected chi connectivity index (χ4v) is 1.25. The van der Waals surface area contributed by atoms with Crippen LogP contribution in [0.4, 0.5) is 0 Å². The Morgan fingerprint density at radius 1 is 1.50 bits per heavy atom. The van der Waals surface area contributed by atoms with E-state index in [1.165, 1.54) is 0 Å². The lowest BCUT2D eigenvalue weighted by Gasteiger charge is -2.21. The third-order valence-electron chi connectivity index (χ3n) is 1.82. The minimum atomic E-state index is -0.977. The fourth-order valence-electron chi connectivity index (χ4n) is 0.854. The molecule has 0 aliphatic carbocycles. The van der Waals surface area contributed by atoms with Gasteiger partial charge in [-0.3, -0.25) is 0 Å². The van der Waals surface area contributed by atoms with Gasteiger partial charge in [-0.1, -0.05) is 12.1 Å². The summed E-state index contributed by atoms with van der Waals surface area (Å²) >= 11 is 3.35. The summed E-state index contributed by atoms with van der Waals surface area (Å²) < 4.78 is 6.28. The molecule has 78 valence electrons. The van der Waals surface area contributed by atoms with Crippen molar-refractivity contribution in [3.63, 3.8) is 0 Å². The molecule has 0 aliphatic rings. The number of rotatable bonds is 4. The number of para-hydroxylation sites is 1. The number of ether oxygens (including phenoxy) is 1. The predicted molar refractivity (Wildman–Crippen MR) is 59.3 cm³/mol. The molecule has 0 fully saturated rings. The van der Waals surface area contributed by atoms with Crippen LogP contribution in [0.25, 0.3) is 0 Å². The molecular formula is C10H14BrNO2. The molecule has 0 saturated heterocycles. The molecule has 0 aromatic heterocycles. The highest BCUT2D eigenvalue weighted by Gasteiger charge is 2.19. The first-order valence-electron chi connectivity index (χ1n) is 4.35. The highest BCUT2D eigenvalue weighted by atomic mass is 79.9. The van der Waals surface area contributed by atoms with Crippen molar-refractivity contribution in [1.29, 1.82) is 0 Å². The average Bonchev–Trinajstić information content (AvgIpc) is 2.17. The summed E-state index contributed by atoms with van der Waals surface area (Å²) in [5.74, 6) is 0.709. The van der Waals surface area contributed by atoms with Gasteiger partial charge in [0.1, 0.15) is 18.0 Å². The van der Waals surface area contributed by atoms with Crippen LogP contribution in [0.5, 0.6) is 5.75 Å². The first-order valence-corrected chi connectivity index (χ1v) is 5.14. The van der Waals surface area contributed by atoms with Crippen LogP contribution in [0.3, 0.4) is 0 Å². The third kappa shape index (κ3) is 3.29. The normalized spacial score (nSPS) is 14.9. The lowest BCUT2D eigenvalue weighted by atomic mass is 10.1. The Hall–Kier alpha value is -0.580. The number of nitrogens with two attached hydrogens (primary N) is 1. The van der Waals surface area contributed by atoms with E-state index in [1.807, 2.05) is 24.3 Å². The van der Waals surface area contributed by atoms with Crippen LogP contribution in [0.15, 0.2) is 28.7 Å². The van der Waals surface area contributed by atoms with Gasteiger partial charge in [0.15, 0.2) is 0 Å². The van der Waals surface area contributed by atoms with Crippen molar-refractivity contribution in [3.8, 4) is 5.75 Å². The zero-order valence-electron chi connectivity index (χ0n) is 8.03. The lowest BCUT2D eigenvalue weighted by molar-refractivity contribution is 0.0193. The van der Waals surface area contributed by atoms with Gasteiger partial charge in [0, 0.05) is 6.54 Å². The molecule has 1 unspecified atom stereocenters. The molecule has 14 heavy (non-hydrogen) atoms. The quantitative estimate of drug-likeness (QED) is 0.863. The molecule has 0 radical (unpaired) electrons. The predicted octanol–water partition coefficient (Wildman–Crippen LogP) is 1.54. The van der Waals surface area contributed by atoms with Gasteiger partial charge in [-0.15, -0.1) is 0 Å². The summed E-state index contributed by atoms with van der Waals surface area (Å²) in [5, 5.41) is 9.61. The van der Waals surface area contributed by atoms with E-state index in [0.717, 1.165) is 4.47 Å². The standard InChI is InChI=1S/C10H14BrNO2/c1-10(13,6-12)7-14-9-5-3-2-4-8(9)11/h2-5,13H,6-7,12H2,1H3. The molecule has 0 heterocycles. The zero-order chi connectivity index (χ0) is 10.6. The number of hydrogen-bond acceptors (Lipinski definition) is 3. The molecule has 1 atom stereocenters. The summed E-state index contributed by atoms with van der Waals surface area (Å²) in [7, 11) is 0. The van der Waals surface area contributed by atoms with E-state index in [-0.39, 0.29) is 13.2 Å². The minimum absolute atomic E-state index is 0.178. The van der Waals surface area contributed by atoms with Gasteiger partial charge in [0.2, 0.25) is 0 Å². The Bertz CT molecular complexity index is 302. The van der Waals surface area contributed by atoms with Gasteiger partial charge < -0.3 is 15.6 Å². The Labute approximate surface area is 92.0 Å². The topological polar surface area (TPSA) is 55.5 Å². The van der Waals surface area contributed by atoms with E-state index in [1.54, 1.807) is 6.92 Å². The molecule has 1 rings (SSSR count). The van der Waals surface area contributed by atoms with Gasteiger partial charge in [0.25, 0.3) is 0 Å². The fraction of sp³-hybridized carbons (Fsp3) is 0.400. The molecule has 0 spiro atoms. The smallest absolute Gasteiger partial charge is 0.133 e. The van der Waals surface area contributed by atoms with Crippen LogP contribution in [0.1, 0.15) is 6.92 Å².